The molecule has 0 bridgehead atoms. The molecular formula is C22H21N5O5. The van der Waals surface area contributed by atoms with Crippen molar-refractivity contribution >= 4 is 22.7 Å². The molecule has 0 unspecified atom stereocenters. The Morgan fingerprint density at radius 2 is 2.09 bits per heavy atom. The fourth-order valence-electron chi connectivity index (χ4n) is 3.60. The minimum absolute atomic E-state index is 0.0949. The van der Waals surface area contributed by atoms with Crippen LogP contribution in [0.15, 0.2) is 66.8 Å². The van der Waals surface area contributed by atoms with E-state index in [4.69, 9.17) is 4.74 Å². The normalized spacial score (nSPS) is 16.8. The number of likely N-dealkylation sites (tertiary alicyclic amines) is 1. The first kappa shape index (κ1) is 21.0. The smallest absolute Gasteiger partial charge is 0.414 e. The molecular weight excluding hydrogens is 414 g/mol. The third-order valence-electron chi connectivity index (χ3n) is 5.39. The summed E-state index contributed by atoms with van der Waals surface area (Å²) in [6.07, 6.45) is 6.07. The Labute approximate surface area is 183 Å². The molecule has 0 saturated carbocycles. The van der Waals surface area contributed by atoms with Gasteiger partial charge in [0.05, 0.1) is 10.6 Å². The average molecular weight is 435 g/mol. The van der Waals surface area contributed by atoms with Crippen molar-refractivity contribution in [1.82, 2.24) is 20.1 Å². The van der Waals surface area contributed by atoms with Crippen molar-refractivity contribution in [3.05, 3.63) is 88.3 Å². The van der Waals surface area contributed by atoms with Crippen LogP contribution in [0.5, 0.6) is 0 Å². The predicted molar refractivity (Wildman–Crippen MR) is 117 cm³/mol. The van der Waals surface area contributed by atoms with Crippen LogP contribution in [0.3, 0.4) is 0 Å². The zero-order valence-electron chi connectivity index (χ0n) is 17.2. The number of carbonyl (C=O) groups excluding carboxylic acids is 1. The van der Waals surface area contributed by atoms with Crippen molar-refractivity contribution in [1.29, 1.82) is 0 Å². The van der Waals surface area contributed by atoms with Gasteiger partial charge in [0.2, 0.25) is 5.70 Å². The molecule has 164 valence electrons. The molecule has 0 aromatic carbocycles. The number of rotatable bonds is 6. The molecule has 1 aliphatic heterocycles. The van der Waals surface area contributed by atoms with E-state index in [1.807, 2.05) is 6.07 Å². The van der Waals surface area contributed by atoms with Gasteiger partial charge in [-0.15, -0.1) is 10.2 Å². The zero-order chi connectivity index (χ0) is 22.8. The van der Waals surface area contributed by atoms with Gasteiger partial charge in [0.15, 0.2) is 5.65 Å². The number of carbonyl (C=O) groups is 1. The number of nitrogens with one attached hydrogen (secondary N) is 1. The first-order valence-corrected chi connectivity index (χ1v) is 9.94. The standard InChI is InChI=1S/C22H21N5O5/c1-3-4-18(13(2)28)20-10-14-9-19(23-21(14)25-24-20)15-11-26(12-15)22(29)32-17-7-5-16(6-8-17)27(30)31/h3-5,7,9-10,15,28H,1-2,6,8,11-12H2,(H,23,25)/b18-4+. The third-order valence-corrected chi connectivity index (χ3v) is 5.39. The Balaban J connectivity index is 1.40. The van der Waals surface area contributed by atoms with E-state index in [2.05, 4.69) is 28.3 Å². The number of amides is 1. The van der Waals surface area contributed by atoms with E-state index in [0.717, 1.165) is 11.1 Å². The third kappa shape index (κ3) is 4.15. The molecule has 2 N–H and O–H groups in total. The average Bonchev–Trinajstić information content (AvgIpc) is 3.13. The highest BCUT2D eigenvalue weighted by atomic mass is 16.6. The second-order valence-electron chi connectivity index (χ2n) is 7.54. The highest BCUT2D eigenvalue weighted by molar-refractivity contribution is 5.83. The second kappa shape index (κ2) is 8.50. The Kier molecular flexibility index (Phi) is 5.59. The van der Waals surface area contributed by atoms with Crippen LogP contribution in [0.4, 0.5) is 4.79 Å². The predicted octanol–water partition coefficient (Wildman–Crippen LogP) is 3.97. The van der Waals surface area contributed by atoms with Crippen LogP contribution >= 0.6 is 0 Å². The lowest BCUT2D eigenvalue weighted by molar-refractivity contribution is -0.428. The van der Waals surface area contributed by atoms with Gasteiger partial charge in [-0.05, 0) is 24.3 Å². The van der Waals surface area contributed by atoms with Gasteiger partial charge in [-0.1, -0.05) is 19.2 Å². The van der Waals surface area contributed by atoms with E-state index in [1.165, 1.54) is 18.2 Å². The summed E-state index contributed by atoms with van der Waals surface area (Å²) >= 11 is 0. The minimum atomic E-state index is -0.468. The molecule has 1 aliphatic carbocycles. The van der Waals surface area contributed by atoms with Crippen LogP contribution < -0.4 is 0 Å². The molecule has 1 fully saturated rings. The van der Waals surface area contributed by atoms with Crippen LogP contribution in [0.1, 0.15) is 30.1 Å². The molecule has 32 heavy (non-hydrogen) atoms. The summed E-state index contributed by atoms with van der Waals surface area (Å²) in [7, 11) is 0. The summed E-state index contributed by atoms with van der Waals surface area (Å²) < 4.78 is 5.36. The van der Waals surface area contributed by atoms with E-state index in [9.17, 15) is 20.0 Å². The largest absolute Gasteiger partial charge is 0.508 e. The number of H-pyrrole nitrogens is 1. The van der Waals surface area contributed by atoms with Gasteiger partial charge < -0.3 is 19.7 Å². The van der Waals surface area contributed by atoms with Crippen molar-refractivity contribution in [2.45, 2.75) is 18.8 Å². The monoisotopic (exact) mass is 435 g/mol. The van der Waals surface area contributed by atoms with Crippen LogP contribution in [0.2, 0.25) is 0 Å². The van der Waals surface area contributed by atoms with Crippen molar-refractivity contribution < 1.29 is 19.6 Å². The Morgan fingerprint density at radius 1 is 1.31 bits per heavy atom. The first-order valence-electron chi connectivity index (χ1n) is 9.94. The summed E-state index contributed by atoms with van der Waals surface area (Å²) in [5.74, 6) is 0.393. The van der Waals surface area contributed by atoms with Gasteiger partial charge in [0.25, 0.3) is 0 Å². The number of fused-ring (bicyclic) bond motifs is 1. The number of aromatic nitrogens is 3. The summed E-state index contributed by atoms with van der Waals surface area (Å²) in [6, 6.07) is 3.74. The molecule has 1 amide bonds. The minimum Gasteiger partial charge on any atom is -0.508 e. The molecule has 3 heterocycles. The maximum Gasteiger partial charge on any atom is 0.414 e. The number of allylic oxidation sites excluding steroid dienone is 7. The van der Waals surface area contributed by atoms with E-state index in [-0.39, 0.29) is 23.8 Å². The van der Waals surface area contributed by atoms with Crippen molar-refractivity contribution in [2.24, 2.45) is 0 Å². The fourth-order valence-corrected chi connectivity index (χ4v) is 3.60. The van der Waals surface area contributed by atoms with Crippen LogP contribution in [-0.2, 0) is 4.74 Å². The number of ether oxygens (including phenoxy) is 1. The Morgan fingerprint density at radius 3 is 2.72 bits per heavy atom. The zero-order valence-corrected chi connectivity index (χ0v) is 17.2. The molecule has 10 nitrogen and oxygen atoms in total. The lowest BCUT2D eigenvalue weighted by Crippen LogP contribution is -2.48. The molecule has 4 rings (SSSR count). The second-order valence-corrected chi connectivity index (χ2v) is 7.54. The SMILES string of the molecule is C=C/C=C(\C(=C)O)c1cc2cc(C3CN(C(=O)OC4=CC=C([N+](=O)[O-])CC4)C3)[nH]c2nn1. The lowest BCUT2D eigenvalue weighted by Gasteiger charge is -2.37. The molecule has 2 aromatic rings. The number of aliphatic hydroxyl groups excluding tert-OH is 1. The first-order chi connectivity index (χ1) is 15.4. The maximum absolute atomic E-state index is 12.3. The van der Waals surface area contributed by atoms with Gasteiger partial charge in [0.1, 0.15) is 11.5 Å². The van der Waals surface area contributed by atoms with Gasteiger partial charge in [0, 0.05) is 54.6 Å². The lowest BCUT2D eigenvalue weighted by atomic mass is 9.97. The number of hydrogen-bond acceptors (Lipinski definition) is 7. The van der Waals surface area contributed by atoms with Crippen LogP contribution in [-0.4, -0.2) is 49.3 Å². The molecule has 2 aromatic heterocycles. The summed E-state index contributed by atoms with van der Waals surface area (Å²) in [4.78, 5) is 27.4. The van der Waals surface area contributed by atoms with Crippen LogP contribution in [0, 0.1) is 10.1 Å². The highest BCUT2D eigenvalue weighted by Crippen LogP contribution is 2.31. The van der Waals surface area contributed by atoms with E-state index >= 15 is 0 Å². The fraction of sp³-hybridized carbons (Fsp3) is 0.227. The number of hydrogen-bond donors (Lipinski definition) is 2. The van der Waals surface area contributed by atoms with E-state index in [0.29, 0.717) is 42.2 Å². The van der Waals surface area contributed by atoms with E-state index < -0.39 is 11.0 Å². The molecule has 2 aliphatic rings. The molecule has 0 radical (unpaired) electrons. The summed E-state index contributed by atoms with van der Waals surface area (Å²) in [6.45, 7) is 8.12. The number of aliphatic hydroxyl groups is 1. The highest BCUT2D eigenvalue weighted by Gasteiger charge is 2.34. The van der Waals surface area contributed by atoms with E-state index in [1.54, 1.807) is 17.0 Å². The molecule has 0 atom stereocenters. The summed E-state index contributed by atoms with van der Waals surface area (Å²) in [5.41, 5.74) is 2.54. The Bertz CT molecular complexity index is 1220. The number of aromatic amines is 1. The van der Waals surface area contributed by atoms with Gasteiger partial charge in [-0.3, -0.25) is 10.1 Å². The van der Waals surface area contributed by atoms with Crippen molar-refractivity contribution in [2.75, 3.05) is 13.1 Å². The molecule has 10 heteroatoms. The quantitative estimate of drug-likeness (QED) is 0.303. The maximum atomic E-state index is 12.3. The summed E-state index contributed by atoms with van der Waals surface area (Å²) in [5, 5.41) is 29.7. The molecule has 1 saturated heterocycles. The number of nitrogens with zero attached hydrogens (tertiary/aromatic N) is 4. The van der Waals surface area contributed by atoms with Crippen LogP contribution in [0.25, 0.3) is 16.6 Å². The Hall–Kier alpha value is -4.21. The van der Waals surface area contributed by atoms with Crippen molar-refractivity contribution in [3.8, 4) is 0 Å². The number of nitro groups is 1. The van der Waals surface area contributed by atoms with Gasteiger partial charge in [-0.25, -0.2) is 4.79 Å². The van der Waals surface area contributed by atoms with Crippen molar-refractivity contribution in [3.63, 3.8) is 0 Å². The van der Waals surface area contributed by atoms with Gasteiger partial charge in [-0.2, -0.15) is 0 Å². The molecule has 0 spiro atoms. The topological polar surface area (TPSA) is 134 Å². The van der Waals surface area contributed by atoms with Gasteiger partial charge >= 0.3 is 6.09 Å².